The van der Waals surface area contributed by atoms with Gasteiger partial charge in [-0.25, -0.2) is 4.98 Å². The van der Waals surface area contributed by atoms with E-state index in [1.54, 1.807) is 29.6 Å². The van der Waals surface area contributed by atoms with Crippen LogP contribution in [0, 0.1) is 0 Å². The van der Waals surface area contributed by atoms with Crippen molar-refractivity contribution in [2.45, 2.75) is 19.8 Å². The molecule has 148 valence electrons. The molecule has 0 aliphatic rings. The van der Waals surface area contributed by atoms with E-state index in [-0.39, 0.29) is 30.6 Å². The van der Waals surface area contributed by atoms with Crippen molar-refractivity contribution < 1.29 is 14.4 Å². The summed E-state index contributed by atoms with van der Waals surface area (Å²) in [5.74, 6) is -0.525. The maximum Gasteiger partial charge on any atom is 0.230 e. The first-order valence-corrected chi connectivity index (χ1v) is 9.81. The summed E-state index contributed by atoms with van der Waals surface area (Å²) in [6.07, 6.45) is 0.364. The second kappa shape index (κ2) is 9.61. The van der Waals surface area contributed by atoms with Gasteiger partial charge in [-0.15, -0.1) is 11.3 Å². The monoisotopic (exact) mass is 408 g/mol. The molecule has 3 aromatic rings. The summed E-state index contributed by atoms with van der Waals surface area (Å²) in [7, 11) is 0. The molecule has 0 bridgehead atoms. The van der Waals surface area contributed by atoms with Crippen molar-refractivity contribution >= 4 is 45.6 Å². The number of anilines is 3. The molecule has 3 rings (SSSR count). The number of hydrogen-bond donors (Lipinski definition) is 3. The molecular formula is C21H20N4O3S. The van der Waals surface area contributed by atoms with Crippen LogP contribution in [0.2, 0.25) is 0 Å². The van der Waals surface area contributed by atoms with Crippen molar-refractivity contribution in [3.8, 4) is 0 Å². The van der Waals surface area contributed by atoms with Crippen molar-refractivity contribution in [1.29, 1.82) is 0 Å². The van der Waals surface area contributed by atoms with Crippen LogP contribution in [0.3, 0.4) is 0 Å². The first-order chi connectivity index (χ1) is 14.0. The molecular weight excluding hydrogens is 388 g/mol. The van der Waals surface area contributed by atoms with Gasteiger partial charge in [-0.1, -0.05) is 30.3 Å². The highest BCUT2D eigenvalue weighted by Gasteiger charge is 2.11. The maximum absolute atomic E-state index is 12.2. The molecule has 0 unspecified atom stereocenters. The molecule has 2 aromatic carbocycles. The lowest BCUT2D eigenvalue weighted by molar-refractivity contribution is -0.116. The fraction of sp³-hybridized carbons (Fsp3) is 0.143. The van der Waals surface area contributed by atoms with Gasteiger partial charge >= 0.3 is 0 Å². The summed E-state index contributed by atoms with van der Waals surface area (Å²) in [5, 5.41) is 10.4. The lowest BCUT2D eigenvalue weighted by Crippen LogP contribution is -2.16. The van der Waals surface area contributed by atoms with Gasteiger partial charge in [-0.2, -0.15) is 0 Å². The van der Waals surface area contributed by atoms with Crippen LogP contribution < -0.4 is 16.0 Å². The SMILES string of the molecule is CC(=O)Nc1ccc(NC(=O)Cc2csc(NC(=O)Cc3ccccc3)n2)cc1. The van der Waals surface area contributed by atoms with E-state index in [0.717, 1.165) is 5.56 Å². The van der Waals surface area contributed by atoms with Crippen molar-refractivity contribution in [3.05, 3.63) is 71.2 Å². The zero-order valence-electron chi connectivity index (χ0n) is 15.8. The van der Waals surface area contributed by atoms with Crippen LogP contribution >= 0.6 is 11.3 Å². The lowest BCUT2D eigenvalue weighted by Gasteiger charge is -2.06. The van der Waals surface area contributed by atoms with E-state index >= 15 is 0 Å². The van der Waals surface area contributed by atoms with Crippen LogP contribution in [0.15, 0.2) is 60.0 Å². The summed E-state index contributed by atoms with van der Waals surface area (Å²) >= 11 is 1.28. The van der Waals surface area contributed by atoms with Crippen molar-refractivity contribution in [2.24, 2.45) is 0 Å². The number of carbonyl (C=O) groups excluding carboxylic acids is 3. The number of amides is 3. The zero-order valence-corrected chi connectivity index (χ0v) is 16.6. The number of thiazole rings is 1. The van der Waals surface area contributed by atoms with E-state index in [9.17, 15) is 14.4 Å². The van der Waals surface area contributed by atoms with Gasteiger partial charge < -0.3 is 16.0 Å². The largest absolute Gasteiger partial charge is 0.326 e. The third-order valence-corrected chi connectivity index (χ3v) is 4.64. The predicted molar refractivity (Wildman–Crippen MR) is 114 cm³/mol. The van der Waals surface area contributed by atoms with E-state index in [1.165, 1.54) is 18.3 Å². The number of benzene rings is 2. The first kappa shape index (κ1) is 20.2. The average molecular weight is 408 g/mol. The molecule has 3 amide bonds. The van der Waals surface area contributed by atoms with E-state index in [4.69, 9.17) is 0 Å². The van der Waals surface area contributed by atoms with Crippen LogP contribution in [0.1, 0.15) is 18.2 Å². The standard InChI is InChI=1S/C21H20N4O3S/c1-14(26)22-16-7-9-17(10-8-16)23-20(28)12-18-13-29-21(24-18)25-19(27)11-15-5-3-2-4-6-15/h2-10,13H,11-12H2,1H3,(H,22,26)(H,23,28)(H,24,25,27). The molecule has 0 spiro atoms. The van der Waals surface area contributed by atoms with Crippen molar-refractivity contribution in [2.75, 3.05) is 16.0 Å². The molecule has 8 heteroatoms. The third kappa shape index (κ3) is 6.54. The zero-order chi connectivity index (χ0) is 20.6. The average Bonchev–Trinajstić information content (AvgIpc) is 3.10. The van der Waals surface area contributed by atoms with Crippen molar-refractivity contribution in [3.63, 3.8) is 0 Å². The molecule has 0 atom stereocenters. The van der Waals surface area contributed by atoms with Gasteiger partial charge in [-0.05, 0) is 29.8 Å². The number of nitrogens with zero attached hydrogens (tertiary/aromatic N) is 1. The quantitative estimate of drug-likeness (QED) is 0.557. The predicted octanol–water partition coefficient (Wildman–Crippen LogP) is 3.46. The van der Waals surface area contributed by atoms with Gasteiger partial charge in [0.2, 0.25) is 17.7 Å². The summed E-state index contributed by atoms with van der Waals surface area (Å²) in [4.78, 5) is 39.6. The van der Waals surface area contributed by atoms with E-state index in [2.05, 4.69) is 20.9 Å². The third-order valence-electron chi connectivity index (χ3n) is 3.84. The van der Waals surface area contributed by atoms with Crippen molar-refractivity contribution in [1.82, 2.24) is 4.98 Å². The minimum atomic E-state index is -0.218. The molecule has 0 saturated carbocycles. The molecule has 7 nitrogen and oxygen atoms in total. The smallest absolute Gasteiger partial charge is 0.230 e. The number of nitrogens with one attached hydrogen (secondary N) is 3. The van der Waals surface area contributed by atoms with E-state index in [0.29, 0.717) is 22.2 Å². The van der Waals surface area contributed by atoms with Gasteiger partial charge in [-0.3, -0.25) is 14.4 Å². The second-order valence-corrected chi connectivity index (χ2v) is 7.20. The summed E-state index contributed by atoms with van der Waals surface area (Å²) in [6, 6.07) is 16.3. The Hall–Kier alpha value is -3.52. The Morgan fingerprint density at radius 2 is 1.45 bits per heavy atom. The summed E-state index contributed by atoms with van der Waals surface area (Å²) in [5.41, 5.74) is 2.78. The molecule has 1 heterocycles. The van der Waals surface area contributed by atoms with Crippen LogP contribution in [-0.4, -0.2) is 22.7 Å². The Morgan fingerprint density at radius 3 is 2.10 bits per heavy atom. The highest BCUT2D eigenvalue weighted by molar-refractivity contribution is 7.13. The van der Waals surface area contributed by atoms with Crippen LogP contribution in [-0.2, 0) is 27.2 Å². The lowest BCUT2D eigenvalue weighted by atomic mass is 10.1. The molecule has 29 heavy (non-hydrogen) atoms. The highest BCUT2D eigenvalue weighted by atomic mass is 32.1. The van der Waals surface area contributed by atoms with Crippen LogP contribution in [0.25, 0.3) is 0 Å². The Balaban J connectivity index is 1.49. The Labute approximate surface area is 172 Å². The first-order valence-electron chi connectivity index (χ1n) is 8.93. The van der Waals surface area contributed by atoms with Crippen LogP contribution in [0.4, 0.5) is 16.5 Å². The van der Waals surface area contributed by atoms with Gasteiger partial charge in [0.15, 0.2) is 5.13 Å². The molecule has 0 aliphatic carbocycles. The molecule has 0 aliphatic heterocycles. The van der Waals surface area contributed by atoms with Crippen LogP contribution in [0.5, 0.6) is 0 Å². The minimum absolute atomic E-state index is 0.0957. The van der Waals surface area contributed by atoms with Gasteiger partial charge in [0.05, 0.1) is 18.5 Å². The summed E-state index contributed by atoms with van der Waals surface area (Å²) in [6.45, 7) is 1.43. The number of hydrogen-bond acceptors (Lipinski definition) is 5. The number of rotatable bonds is 7. The maximum atomic E-state index is 12.2. The van der Waals surface area contributed by atoms with Gasteiger partial charge in [0.1, 0.15) is 0 Å². The van der Waals surface area contributed by atoms with Gasteiger partial charge in [0, 0.05) is 23.7 Å². The van der Waals surface area contributed by atoms with E-state index in [1.807, 2.05) is 30.3 Å². The fourth-order valence-electron chi connectivity index (χ4n) is 2.60. The molecule has 0 radical (unpaired) electrons. The molecule has 0 fully saturated rings. The Kier molecular flexibility index (Phi) is 6.70. The van der Waals surface area contributed by atoms with Gasteiger partial charge in [0.25, 0.3) is 0 Å². The Bertz CT molecular complexity index is 1000. The topological polar surface area (TPSA) is 100 Å². The molecule has 0 saturated heterocycles. The van der Waals surface area contributed by atoms with E-state index < -0.39 is 0 Å². The second-order valence-electron chi connectivity index (χ2n) is 6.34. The fourth-order valence-corrected chi connectivity index (χ4v) is 3.33. The minimum Gasteiger partial charge on any atom is -0.326 e. The number of carbonyl (C=O) groups is 3. The number of aromatic nitrogens is 1. The highest BCUT2D eigenvalue weighted by Crippen LogP contribution is 2.18. The molecule has 3 N–H and O–H groups in total. The summed E-state index contributed by atoms with van der Waals surface area (Å²) < 4.78 is 0. The normalized spacial score (nSPS) is 10.2. The Morgan fingerprint density at radius 1 is 0.828 bits per heavy atom. The molecule has 1 aromatic heterocycles.